The van der Waals surface area contributed by atoms with E-state index in [1.165, 1.54) is 11.3 Å². The Hall–Kier alpha value is -2.55. The van der Waals surface area contributed by atoms with Crippen molar-refractivity contribution in [1.82, 2.24) is 20.5 Å². The second-order valence-corrected chi connectivity index (χ2v) is 8.40. The summed E-state index contributed by atoms with van der Waals surface area (Å²) in [6.45, 7) is 5.81. The molecule has 1 aliphatic heterocycles. The monoisotopic (exact) mass is 402 g/mol. The van der Waals surface area contributed by atoms with Crippen molar-refractivity contribution in [3.63, 3.8) is 0 Å². The van der Waals surface area contributed by atoms with Crippen molar-refractivity contribution < 1.29 is 9.59 Å². The number of aromatic nitrogens is 3. The second-order valence-electron chi connectivity index (χ2n) is 7.33. The van der Waals surface area contributed by atoms with Gasteiger partial charge in [0, 0.05) is 44.6 Å². The van der Waals surface area contributed by atoms with Crippen molar-refractivity contribution in [1.29, 1.82) is 0 Å². The molecule has 8 nitrogen and oxygen atoms in total. The molecule has 3 rings (SSSR count). The molecule has 0 aliphatic carbocycles. The Bertz CT molecular complexity index is 795. The van der Waals surface area contributed by atoms with Gasteiger partial charge in [0.2, 0.25) is 16.9 Å². The van der Waals surface area contributed by atoms with Gasteiger partial charge in [-0.15, -0.1) is 10.2 Å². The van der Waals surface area contributed by atoms with E-state index in [2.05, 4.69) is 44.6 Å². The quantitative estimate of drug-likeness (QED) is 0.702. The Labute approximate surface area is 168 Å². The Kier molecular flexibility index (Phi) is 6.91. The van der Waals surface area contributed by atoms with Crippen LogP contribution < -0.4 is 15.5 Å². The predicted molar refractivity (Wildman–Crippen MR) is 109 cm³/mol. The number of rotatable bonds is 8. The number of carbonyl (C=O) groups excluding carboxylic acids is 2. The molecule has 9 heteroatoms. The lowest BCUT2D eigenvalue weighted by molar-refractivity contribution is -0.124. The van der Waals surface area contributed by atoms with E-state index in [9.17, 15) is 9.59 Å². The Balaban J connectivity index is 1.37. The SMILES string of the molecule is CC(C)Cc1nnc(NC(=O)CCC(=O)NC2CCN(c3ccccn3)C2)s1. The zero-order chi connectivity index (χ0) is 19.9. The van der Waals surface area contributed by atoms with Crippen LogP contribution in [0.5, 0.6) is 0 Å². The van der Waals surface area contributed by atoms with Crippen LogP contribution in [0.1, 0.15) is 38.1 Å². The molecule has 1 unspecified atom stereocenters. The van der Waals surface area contributed by atoms with Gasteiger partial charge in [-0.25, -0.2) is 4.98 Å². The molecule has 2 aromatic rings. The van der Waals surface area contributed by atoms with Gasteiger partial charge in [0.25, 0.3) is 0 Å². The van der Waals surface area contributed by atoms with E-state index in [1.807, 2.05) is 18.2 Å². The molecule has 2 aromatic heterocycles. The second kappa shape index (κ2) is 9.59. The van der Waals surface area contributed by atoms with Gasteiger partial charge in [0.1, 0.15) is 10.8 Å². The van der Waals surface area contributed by atoms with Crippen LogP contribution >= 0.6 is 11.3 Å². The summed E-state index contributed by atoms with van der Waals surface area (Å²) >= 11 is 1.38. The number of nitrogens with one attached hydrogen (secondary N) is 2. The standard InChI is InChI=1S/C19H26N6O2S/c1-13(2)11-18-23-24-19(28-18)22-17(27)7-6-16(26)21-14-8-10-25(12-14)15-5-3-4-9-20-15/h3-5,9,13-14H,6-8,10-12H2,1-2H3,(H,21,26)(H,22,24,27). The molecule has 0 aromatic carbocycles. The van der Waals surface area contributed by atoms with Crippen LogP contribution in [0.3, 0.4) is 0 Å². The maximum Gasteiger partial charge on any atom is 0.226 e. The molecule has 28 heavy (non-hydrogen) atoms. The van der Waals surface area contributed by atoms with Crippen LogP contribution in [0.15, 0.2) is 24.4 Å². The molecule has 1 fully saturated rings. The highest BCUT2D eigenvalue weighted by molar-refractivity contribution is 7.15. The van der Waals surface area contributed by atoms with E-state index >= 15 is 0 Å². The molecular weight excluding hydrogens is 376 g/mol. The fraction of sp³-hybridized carbons (Fsp3) is 0.526. The first-order valence-corrected chi connectivity index (χ1v) is 10.4. The van der Waals surface area contributed by atoms with Crippen molar-refractivity contribution in [2.24, 2.45) is 5.92 Å². The van der Waals surface area contributed by atoms with Gasteiger partial charge in [-0.05, 0) is 24.5 Å². The minimum absolute atomic E-state index is 0.0827. The molecule has 3 heterocycles. The third-order valence-electron chi connectivity index (χ3n) is 4.40. The highest BCUT2D eigenvalue weighted by Crippen LogP contribution is 2.19. The summed E-state index contributed by atoms with van der Waals surface area (Å²) in [6, 6.07) is 5.89. The topological polar surface area (TPSA) is 100 Å². The summed E-state index contributed by atoms with van der Waals surface area (Å²) in [4.78, 5) is 30.7. The van der Waals surface area contributed by atoms with Crippen LogP contribution in [0.25, 0.3) is 0 Å². The number of hydrogen-bond donors (Lipinski definition) is 2. The highest BCUT2D eigenvalue weighted by Gasteiger charge is 2.24. The minimum Gasteiger partial charge on any atom is -0.354 e. The molecule has 1 atom stereocenters. The van der Waals surface area contributed by atoms with E-state index in [1.54, 1.807) is 6.20 Å². The van der Waals surface area contributed by atoms with Crippen LogP contribution in [0.2, 0.25) is 0 Å². The van der Waals surface area contributed by atoms with Crippen molar-refractivity contribution in [2.75, 3.05) is 23.3 Å². The summed E-state index contributed by atoms with van der Waals surface area (Å²) in [5.41, 5.74) is 0. The number of anilines is 2. The lowest BCUT2D eigenvalue weighted by atomic mass is 10.1. The van der Waals surface area contributed by atoms with Gasteiger partial charge in [0.05, 0.1) is 0 Å². The van der Waals surface area contributed by atoms with Crippen molar-refractivity contribution >= 4 is 34.1 Å². The lowest BCUT2D eigenvalue weighted by Gasteiger charge is -2.17. The largest absolute Gasteiger partial charge is 0.354 e. The number of hydrogen-bond acceptors (Lipinski definition) is 7. The van der Waals surface area contributed by atoms with Gasteiger partial charge >= 0.3 is 0 Å². The number of nitrogens with zero attached hydrogens (tertiary/aromatic N) is 4. The molecule has 2 amide bonds. The fourth-order valence-electron chi connectivity index (χ4n) is 3.07. The summed E-state index contributed by atoms with van der Waals surface area (Å²) in [5.74, 6) is 1.08. The number of pyridine rings is 1. The first-order chi connectivity index (χ1) is 13.5. The van der Waals surface area contributed by atoms with Gasteiger partial charge in [0.15, 0.2) is 0 Å². The maximum atomic E-state index is 12.2. The van der Waals surface area contributed by atoms with Crippen LogP contribution in [-0.4, -0.2) is 46.1 Å². The van der Waals surface area contributed by atoms with Gasteiger partial charge in [-0.3, -0.25) is 9.59 Å². The van der Waals surface area contributed by atoms with Crippen LogP contribution in [-0.2, 0) is 16.0 Å². The number of carbonyl (C=O) groups is 2. The van der Waals surface area contributed by atoms with Gasteiger partial charge < -0.3 is 15.5 Å². The average Bonchev–Trinajstić information content (AvgIpc) is 3.30. The summed E-state index contributed by atoms with van der Waals surface area (Å²) in [7, 11) is 0. The maximum absolute atomic E-state index is 12.2. The van der Waals surface area contributed by atoms with Crippen molar-refractivity contribution in [3.8, 4) is 0 Å². The number of amides is 2. The van der Waals surface area contributed by atoms with E-state index < -0.39 is 0 Å². The van der Waals surface area contributed by atoms with Crippen molar-refractivity contribution in [2.45, 2.75) is 45.6 Å². The molecule has 0 spiro atoms. The summed E-state index contributed by atoms with van der Waals surface area (Å²) in [6.07, 6.45) is 3.76. The Morgan fingerprint density at radius 2 is 2.07 bits per heavy atom. The van der Waals surface area contributed by atoms with Gasteiger partial charge in [-0.1, -0.05) is 31.3 Å². The van der Waals surface area contributed by atoms with Crippen molar-refractivity contribution in [3.05, 3.63) is 29.4 Å². The third-order valence-corrected chi connectivity index (χ3v) is 5.26. The first kappa shape index (κ1) is 20.2. The third kappa shape index (κ3) is 5.98. The summed E-state index contributed by atoms with van der Waals surface area (Å²) < 4.78 is 0. The summed E-state index contributed by atoms with van der Waals surface area (Å²) in [5, 5.41) is 15.2. The zero-order valence-electron chi connectivity index (χ0n) is 16.2. The smallest absolute Gasteiger partial charge is 0.226 e. The molecule has 0 bridgehead atoms. The van der Waals surface area contributed by atoms with E-state index in [0.717, 1.165) is 36.8 Å². The zero-order valence-corrected chi connectivity index (χ0v) is 17.0. The van der Waals surface area contributed by atoms with E-state index in [4.69, 9.17) is 0 Å². The Morgan fingerprint density at radius 3 is 2.82 bits per heavy atom. The Morgan fingerprint density at radius 1 is 1.25 bits per heavy atom. The fourth-order valence-corrected chi connectivity index (χ4v) is 4.04. The molecule has 0 saturated carbocycles. The first-order valence-electron chi connectivity index (χ1n) is 9.57. The van der Waals surface area contributed by atoms with E-state index in [0.29, 0.717) is 11.0 Å². The van der Waals surface area contributed by atoms with Crippen LogP contribution in [0, 0.1) is 5.92 Å². The lowest BCUT2D eigenvalue weighted by Crippen LogP contribution is -2.37. The molecule has 2 N–H and O–H groups in total. The van der Waals surface area contributed by atoms with E-state index in [-0.39, 0.29) is 30.7 Å². The van der Waals surface area contributed by atoms with Crippen LogP contribution in [0.4, 0.5) is 10.9 Å². The molecule has 1 saturated heterocycles. The molecule has 0 radical (unpaired) electrons. The predicted octanol–water partition coefficient (Wildman–Crippen LogP) is 2.25. The average molecular weight is 403 g/mol. The molecular formula is C19H26N6O2S. The normalized spacial score (nSPS) is 16.4. The minimum atomic E-state index is -0.219. The molecule has 150 valence electrons. The van der Waals surface area contributed by atoms with Gasteiger partial charge in [-0.2, -0.15) is 0 Å². The molecule has 1 aliphatic rings. The highest BCUT2D eigenvalue weighted by atomic mass is 32.1.